The monoisotopic (exact) mass is 286 g/mol. The van der Waals surface area contributed by atoms with Crippen molar-refractivity contribution in [2.45, 2.75) is 45.1 Å². The summed E-state index contributed by atoms with van der Waals surface area (Å²) in [6, 6.07) is 9.15. The molecule has 2 aromatic rings. The molecule has 114 valence electrons. The molecule has 0 saturated heterocycles. The van der Waals surface area contributed by atoms with Gasteiger partial charge in [-0.15, -0.1) is 0 Å². The zero-order chi connectivity index (χ0) is 14.5. The SMILES string of the molecule is CCCOCCCNC1CCCc2c1[nH]c1ccccc21. The number of aromatic nitrogens is 1. The van der Waals surface area contributed by atoms with Crippen molar-refractivity contribution in [1.82, 2.24) is 10.3 Å². The van der Waals surface area contributed by atoms with E-state index in [-0.39, 0.29) is 0 Å². The molecule has 3 heteroatoms. The Morgan fingerprint density at radius 1 is 1.29 bits per heavy atom. The molecule has 2 N–H and O–H groups in total. The van der Waals surface area contributed by atoms with Crippen molar-refractivity contribution in [2.24, 2.45) is 0 Å². The van der Waals surface area contributed by atoms with Crippen LogP contribution in [0.4, 0.5) is 0 Å². The zero-order valence-electron chi connectivity index (χ0n) is 13.0. The van der Waals surface area contributed by atoms with Gasteiger partial charge >= 0.3 is 0 Å². The van der Waals surface area contributed by atoms with Gasteiger partial charge in [0.25, 0.3) is 0 Å². The average molecular weight is 286 g/mol. The first-order chi connectivity index (χ1) is 10.4. The molecule has 1 aliphatic carbocycles. The van der Waals surface area contributed by atoms with E-state index in [0.717, 1.165) is 32.6 Å². The first-order valence-electron chi connectivity index (χ1n) is 8.30. The molecule has 0 saturated carbocycles. The number of aromatic amines is 1. The van der Waals surface area contributed by atoms with E-state index in [1.807, 2.05) is 0 Å². The summed E-state index contributed by atoms with van der Waals surface area (Å²) in [4.78, 5) is 3.63. The Kier molecular flexibility index (Phi) is 4.94. The maximum atomic E-state index is 5.54. The molecule has 1 unspecified atom stereocenters. The number of hydrogen-bond acceptors (Lipinski definition) is 2. The largest absolute Gasteiger partial charge is 0.381 e. The van der Waals surface area contributed by atoms with Crippen molar-refractivity contribution in [3.8, 4) is 0 Å². The van der Waals surface area contributed by atoms with Crippen LogP contribution in [0.15, 0.2) is 24.3 Å². The topological polar surface area (TPSA) is 37.0 Å². The summed E-state index contributed by atoms with van der Waals surface area (Å²) >= 11 is 0. The lowest BCUT2D eigenvalue weighted by molar-refractivity contribution is 0.131. The van der Waals surface area contributed by atoms with Crippen LogP contribution in [-0.2, 0) is 11.2 Å². The lowest BCUT2D eigenvalue weighted by atomic mass is 9.91. The molecule has 1 aliphatic rings. The Balaban J connectivity index is 1.61. The Bertz CT molecular complexity index is 576. The Hall–Kier alpha value is -1.32. The van der Waals surface area contributed by atoms with Gasteiger partial charge in [0.1, 0.15) is 0 Å². The van der Waals surface area contributed by atoms with Gasteiger partial charge in [0.15, 0.2) is 0 Å². The molecule has 1 aromatic heterocycles. The predicted molar refractivity (Wildman–Crippen MR) is 87.7 cm³/mol. The van der Waals surface area contributed by atoms with Gasteiger partial charge in [-0.3, -0.25) is 0 Å². The summed E-state index contributed by atoms with van der Waals surface area (Å²) in [6.07, 6.45) is 5.91. The summed E-state index contributed by atoms with van der Waals surface area (Å²) in [6.45, 7) is 4.93. The fourth-order valence-corrected chi connectivity index (χ4v) is 3.32. The van der Waals surface area contributed by atoms with Crippen molar-refractivity contribution in [3.63, 3.8) is 0 Å². The fourth-order valence-electron chi connectivity index (χ4n) is 3.32. The second kappa shape index (κ2) is 7.10. The number of fused-ring (bicyclic) bond motifs is 3. The standard InChI is InChI=1S/C18H26N2O/c1-2-12-21-13-6-11-19-17-10-5-8-15-14-7-3-4-9-16(14)20-18(15)17/h3-4,7,9,17,19-20H,2,5-6,8,10-13H2,1H3. The van der Waals surface area contributed by atoms with Crippen LogP contribution in [0, 0.1) is 0 Å². The maximum absolute atomic E-state index is 5.54. The van der Waals surface area contributed by atoms with Crippen LogP contribution >= 0.6 is 0 Å². The van der Waals surface area contributed by atoms with Crippen LogP contribution in [0.5, 0.6) is 0 Å². The summed E-state index contributed by atoms with van der Waals surface area (Å²) in [5.41, 5.74) is 4.22. The van der Waals surface area contributed by atoms with E-state index in [0.29, 0.717) is 6.04 Å². The molecule has 0 fully saturated rings. The lowest BCUT2D eigenvalue weighted by Crippen LogP contribution is -2.26. The van der Waals surface area contributed by atoms with Gasteiger partial charge in [-0.1, -0.05) is 25.1 Å². The van der Waals surface area contributed by atoms with Gasteiger partial charge in [0.2, 0.25) is 0 Å². The normalized spacial score (nSPS) is 18.0. The molecule has 1 aromatic carbocycles. The summed E-state index contributed by atoms with van der Waals surface area (Å²) in [7, 11) is 0. The van der Waals surface area contributed by atoms with Gasteiger partial charge < -0.3 is 15.0 Å². The summed E-state index contributed by atoms with van der Waals surface area (Å²) in [5.74, 6) is 0. The van der Waals surface area contributed by atoms with Gasteiger partial charge in [-0.05, 0) is 50.3 Å². The molecule has 0 radical (unpaired) electrons. The number of H-pyrrole nitrogens is 1. The minimum atomic E-state index is 0.479. The first kappa shape index (κ1) is 14.6. The van der Waals surface area contributed by atoms with Crippen LogP contribution in [0.1, 0.15) is 49.9 Å². The van der Waals surface area contributed by atoms with Crippen LogP contribution in [0.25, 0.3) is 10.9 Å². The molecule has 3 nitrogen and oxygen atoms in total. The number of ether oxygens (including phenoxy) is 1. The molecular formula is C18H26N2O. The molecular weight excluding hydrogens is 260 g/mol. The highest BCUT2D eigenvalue weighted by molar-refractivity contribution is 5.85. The Morgan fingerprint density at radius 2 is 2.19 bits per heavy atom. The van der Waals surface area contributed by atoms with E-state index in [1.54, 1.807) is 0 Å². The number of para-hydroxylation sites is 1. The molecule has 0 spiro atoms. The second-order valence-electron chi connectivity index (χ2n) is 5.93. The third-order valence-corrected chi connectivity index (χ3v) is 4.32. The van der Waals surface area contributed by atoms with E-state index in [1.165, 1.54) is 41.4 Å². The van der Waals surface area contributed by atoms with Crippen LogP contribution < -0.4 is 5.32 Å². The number of benzene rings is 1. The van der Waals surface area contributed by atoms with Gasteiger partial charge in [0, 0.05) is 35.9 Å². The highest BCUT2D eigenvalue weighted by Crippen LogP contribution is 2.34. The van der Waals surface area contributed by atoms with E-state index in [9.17, 15) is 0 Å². The molecule has 0 aliphatic heterocycles. The smallest absolute Gasteiger partial charge is 0.0478 e. The zero-order valence-corrected chi connectivity index (χ0v) is 13.0. The molecule has 1 atom stereocenters. The second-order valence-corrected chi connectivity index (χ2v) is 5.93. The molecule has 0 bridgehead atoms. The first-order valence-corrected chi connectivity index (χ1v) is 8.30. The van der Waals surface area contributed by atoms with E-state index < -0.39 is 0 Å². The van der Waals surface area contributed by atoms with Crippen LogP contribution in [0.2, 0.25) is 0 Å². The Labute approximate surface area is 127 Å². The minimum absolute atomic E-state index is 0.479. The van der Waals surface area contributed by atoms with Crippen LogP contribution in [-0.4, -0.2) is 24.7 Å². The summed E-state index contributed by atoms with van der Waals surface area (Å²) in [5, 5.41) is 5.11. The third kappa shape index (κ3) is 3.30. The van der Waals surface area contributed by atoms with Crippen molar-refractivity contribution in [1.29, 1.82) is 0 Å². The highest BCUT2D eigenvalue weighted by atomic mass is 16.5. The Morgan fingerprint density at radius 3 is 3.10 bits per heavy atom. The molecule has 1 heterocycles. The average Bonchev–Trinajstić information content (AvgIpc) is 2.90. The predicted octanol–water partition coefficient (Wildman–Crippen LogP) is 3.95. The van der Waals surface area contributed by atoms with Gasteiger partial charge in [-0.25, -0.2) is 0 Å². The van der Waals surface area contributed by atoms with E-state index >= 15 is 0 Å². The molecule has 0 amide bonds. The van der Waals surface area contributed by atoms with Crippen molar-refractivity contribution < 1.29 is 4.74 Å². The highest BCUT2D eigenvalue weighted by Gasteiger charge is 2.23. The third-order valence-electron chi connectivity index (χ3n) is 4.32. The van der Waals surface area contributed by atoms with Crippen molar-refractivity contribution in [2.75, 3.05) is 19.8 Å². The lowest BCUT2D eigenvalue weighted by Gasteiger charge is -2.24. The van der Waals surface area contributed by atoms with E-state index in [2.05, 4.69) is 41.5 Å². The van der Waals surface area contributed by atoms with E-state index in [4.69, 9.17) is 4.74 Å². The molecule has 21 heavy (non-hydrogen) atoms. The van der Waals surface area contributed by atoms with Crippen LogP contribution in [0.3, 0.4) is 0 Å². The quantitative estimate of drug-likeness (QED) is 0.756. The maximum Gasteiger partial charge on any atom is 0.0478 e. The van der Waals surface area contributed by atoms with Gasteiger partial charge in [0.05, 0.1) is 0 Å². The van der Waals surface area contributed by atoms with Crippen molar-refractivity contribution in [3.05, 3.63) is 35.5 Å². The fraction of sp³-hybridized carbons (Fsp3) is 0.556. The number of rotatable bonds is 7. The summed E-state index contributed by atoms with van der Waals surface area (Å²) < 4.78 is 5.54. The number of aryl methyl sites for hydroxylation is 1. The minimum Gasteiger partial charge on any atom is -0.381 e. The molecule has 3 rings (SSSR count). The van der Waals surface area contributed by atoms with Gasteiger partial charge in [-0.2, -0.15) is 0 Å². The van der Waals surface area contributed by atoms with Crippen molar-refractivity contribution >= 4 is 10.9 Å². The number of nitrogens with one attached hydrogen (secondary N) is 2. The number of hydrogen-bond donors (Lipinski definition) is 2.